The Hall–Kier alpha value is -1.00. The van der Waals surface area contributed by atoms with E-state index in [1.165, 1.54) is 23.3 Å². The molecule has 1 heterocycles. The number of hydroxylamine groups is 1. The van der Waals surface area contributed by atoms with Crippen molar-refractivity contribution in [3.05, 3.63) is 29.8 Å². The molecule has 1 atom stereocenters. The van der Waals surface area contributed by atoms with Gasteiger partial charge >= 0.3 is 0 Å². The summed E-state index contributed by atoms with van der Waals surface area (Å²) in [6.45, 7) is 0. The highest BCUT2D eigenvalue weighted by Gasteiger charge is 2.28. The normalized spacial score (nSPS) is 23.0. The minimum atomic E-state index is -0.0381. The molecule has 2 aliphatic rings. The minimum Gasteiger partial charge on any atom is -0.271 e. The van der Waals surface area contributed by atoms with E-state index in [4.69, 9.17) is 4.84 Å². The van der Waals surface area contributed by atoms with Gasteiger partial charge in [0.2, 0.25) is 0 Å². The second-order valence-electron chi connectivity index (χ2n) is 4.91. The van der Waals surface area contributed by atoms with E-state index in [0.717, 1.165) is 19.3 Å². The molecule has 1 fully saturated rings. The number of nitrogens with one attached hydrogen (secondary N) is 1. The summed E-state index contributed by atoms with van der Waals surface area (Å²) in [5, 5.41) is -0.0381. The number of benzene rings is 1. The van der Waals surface area contributed by atoms with Gasteiger partial charge in [-0.3, -0.25) is 9.63 Å². The molecule has 0 aromatic heterocycles. The second kappa shape index (κ2) is 5.33. The van der Waals surface area contributed by atoms with Gasteiger partial charge in [0.15, 0.2) is 0 Å². The molecule has 0 spiro atoms. The molecule has 0 bridgehead atoms. The Balaban J connectivity index is 1.52. The maximum atomic E-state index is 12.0. The number of carbonyl (C=O) groups is 1. The van der Waals surface area contributed by atoms with Crippen LogP contribution >= 0.6 is 11.8 Å². The fourth-order valence-electron chi connectivity index (χ4n) is 2.54. The van der Waals surface area contributed by atoms with Gasteiger partial charge in [-0.2, -0.15) is 0 Å². The van der Waals surface area contributed by atoms with Gasteiger partial charge < -0.3 is 0 Å². The van der Waals surface area contributed by atoms with Crippen molar-refractivity contribution in [2.75, 3.05) is 0 Å². The van der Waals surface area contributed by atoms with Gasteiger partial charge in [0.1, 0.15) is 0 Å². The predicted molar refractivity (Wildman–Crippen MR) is 71.3 cm³/mol. The van der Waals surface area contributed by atoms with Crippen molar-refractivity contribution < 1.29 is 9.63 Å². The lowest BCUT2D eigenvalue weighted by Crippen LogP contribution is -2.35. The maximum absolute atomic E-state index is 12.0. The lowest BCUT2D eigenvalue weighted by Gasteiger charge is -2.13. The summed E-state index contributed by atoms with van der Waals surface area (Å²) >= 11 is 1.63. The number of rotatable bonds is 3. The van der Waals surface area contributed by atoms with Crippen molar-refractivity contribution in [3.63, 3.8) is 0 Å². The fourth-order valence-corrected chi connectivity index (χ4v) is 3.73. The molecule has 1 aliphatic carbocycles. The largest absolute Gasteiger partial charge is 0.271 e. The van der Waals surface area contributed by atoms with Crippen LogP contribution in [-0.2, 0) is 16.1 Å². The van der Waals surface area contributed by atoms with Gasteiger partial charge in [-0.05, 0) is 30.9 Å². The second-order valence-corrected chi connectivity index (χ2v) is 6.15. The van der Waals surface area contributed by atoms with E-state index in [9.17, 15) is 4.79 Å². The lowest BCUT2D eigenvalue weighted by atomic mass is 10.1. The molecular weight excluding hydrogens is 246 g/mol. The Morgan fingerprint density at radius 2 is 2.06 bits per heavy atom. The van der Waals surface area contributed by atoms with Crippen molar-refractivity contribution in [1.29, 1.82) is 0 Å². The van der Waals surface area contributed by atoms with Crippen LogP contribution in [-0.4, -0.2) is 17.3 Å². The monoisotopic (exact) mass is 263 g/mol. The highest BCUT2D eigenvalue weighted by atomic mass is 32.2. The molecule has 3 rings (SSSR count). The first-order valence-electron chi connectivity index (χ1n) is 6.53. The molecule has 4 heteroatoms. The number of carbonyl (C=O) groups excluding carboxylic acids is 1. The Kier molecular flexibility index (Phi) is 3.57. The van der Waals surface area contributed by atoms with E-state index < -0.39 is 0 Å². The smallest absolute Gasteiger partial charge is 0.257 e. The number of amides is 1. The summed E-state index contributed by atoms with van der Waals surface area (Å²) in [6, 6.07) is 8.20. The molecule has 1 saturated carbocycles. The quantitative estimate of drug-likeness (QED) is 0.852. The van der Waals surface area contributed by atoms with Crippen molar-refractivity contribution >= 4 is 17.7 Å². The van der Waals surface area contributed by atoms with Crippen molar-refractivity contribution in [3.8, 4) is 0 Å². The van der Waals surface area contributed by atoms with E-state index in [2.05, 4.69) is 17.6 Å². The van der Waals surface area contributed by atoms with E-state index in [1.807, 2.05) is 12.1 Å². The Bertz CT molecular complexity index is 418. The van der Waals surface area contributed by atoms with Crippen LogP contribution in [0.2, 0.25) is 0 Å². The Labute approximate surface area is 111 Å². The average molecular weight is 263 g/mol. The van der Waals surface area contributed by atoms with E-state index >= 15 is 0 Å². The third kappa shape index (κ3) is 2.54. The van der Waals surface area contributed by atoms with Gasteiger partial charge in [0, 0.05) is 4.90 Å². The standard InChI is InChI=1S/C14H17NO2S/c16-14(15-17-11-6-2-3-7-11)13-9-10-5-1-4-8-12(10)18-13/h1,4-5,8,11,13H,2-3,6-7,9H2,(H,15,16). The molecule has 1 aromatic rings. The van der Waals surface area contributed by atoms with Gasteiger partial charge in [0.25, 0.3) is 5.91 Å². The molecule has 1 aromatic carbocycles. The van der Waals surface area contributed by atoms with Crippen LogP contribution in [0.5, 0.6) is 0 Å². The highest BCUT2D eigenvalue weighted by Crippen LogP contribution is 2.36. The van der Waals surface area contributed by atoms with Crippen LogP contribution in [0.3, 0.4) is 0 Å². The van der Waals surface area contributed by atoms with Crippen LogP contribution < -0.4 is 5.48 Å². The van der Waals surface area contributed by atoms with Gasteiger partial charge in [0.05, 0.1) is 11.4 Å². The zero-order valence-electron chi connectivity index (χ0n) is 10.2. The summed E-state index contributed by atoms with van der Waals surface area (Å²) in [5.74, 6) is 0.00287. The molecule has 1 N–H and O–H groups in total. The van der Waals surface area contributed by atoms with Gasteiger partial charge in [-0.25, -0.2) is 5.48 Å². The third-order valence-corrected chi connectivity index (χ3v) is 4.89. The number of hydrogen-bond acceptors (Lipinski definition) is 3. The van der Waals surface area contributed by atoms with Gasteiger partial charge in [-0.1, -0.05) is 31.0 Å². The maximum Gasteiger partial charge on any atom is 0.257 e. The zero-order valence-corrected chi connectivity index (χ0v) is 11.0. The summed E-state index contributed by atoms with van der Waals surface area (Å²) in [7, 11) is 0. The summed E-state index contributed by atoms with van der Waals surface area (Å²) in [6.07, 6.45) is 5.59. The topological polar surface area (TPSA) is 38.3 Å². The number of thioether (sulfide) groups is 1. The van der Waals surface area contributed by atoms with Crippen molar-refractivity contribution in [1.82, 2.24) is 5.48 Å². The average Bonchev–Trinajstić information content (AvgIpc) is 3.04. The van der Waals surface area contributed by atoms with Crippen LogP contribution in [0.25, 0.3) is 0 Å². The van der Waals surface area contributed by atoms with E-state index in [0.29, 0.717) is 0 Å². The van der Waals surface area contributed by atoms with Crippen molar-refractivity contribution in [2.24, 2.45) is 0 Å². The first kappa shape index (κ1) is 12.1. The first-order chi connectivity index (χ1) is 8.83. The van der Waals surface area contributed by atoms with E-state index in [1.54, 1.807) is 11.8 Å². The van der Waals surface area contributed by atoms with Gasteiger partial charge in [-0.15, -0.1) is 11.8 Å². The highest BCUT2D eigenvalue weighted by molar-refractivity contribution is 8.01. The number of hydrogen-bond donors (Lipinski definition) is 1. The fraction of sp³-hybridized carbons (Fsp3) is 0.500. The van der Waals surface area contributed by atoms with Crippen LogP contribution in [0.4, 0.5) is 0 Å². The van der Waals surface area contributed by atoms with E-state index in [-0.39, 0.29) is 17.3 Å². The molecule has 3 nitrogen and oxygen atoms in total. The van der Waals surface area contributed by atoms with Crippen molar-refractivity contribution in [2.45, 2.75) is 48.4 Å². The molecule has 0 saturated heterocycles. The molecule has 1 amide bonds. The molecule has 1 unspecified atom stereocenters. The molecule has 1 aliphatic heterocycles. The van der Waals surface area contributed by atoms with Crippen LogP contribution in [0.1, 0.15) is 31.2 Å². The number of fused-ring (bicyclic) bond motifs is 1. The molecule has 96 valence electrons. The summed E-state index contributed by atoms with van der Waals surface area (Å²) in [5.41, 5.74) is 3.91. The minimum absolute atomic E-state index is 0.00287. The molecular formula is C14H17NO2S. The zero-order chi connectivity index (χ0) is 12.4. The Morgan fingerprint density at radius 1 is 1.28 bits per heavy atom. The first-order valence-corrected chi connectivity index (χ1v) is 7.41. The van der Waals surface area contributed by atoms with Crippen LogP contribution in [0.15, 0.2) is 29.2 Å². The lowest BCUT2D eigenvalue weighted by molar-refractivity contribution is -0.137. The summed E-state index contributed by atoms with van der Waals surface area (Å²) in [4.78, 5) is 18.7. The molecule has 18 heavy (non-hydrogen) atoms. The van der Waals surface area contributed by atoms with Crippen LogP contribution in [0, 0.1) is 0 Å². The third-order valence-electron chi connectivity index (χ3n) is 3.57. The SMILES string of the molecule is O=C(NOC1CCCC1)C1Cc2ccccc2S1. The summed E-state index contributed by atoms with van der Waals surface area (Å²) < 4.78 is 0. The molecule has 0 radical (unpaired) electrons. The predicted octanol–water partition coefficient (Wildman–Crippen LogP) is 2.69. The Morgan fingerprint density at radius 3 is 2.83 bits per heavy atom.